The summed E-state index contributed by atoms with van der Waals surface area (Å²) in [4.78, 5) is 65.9. The predicted molar refractivity (Wildman–Crippen MR) is 118 cm³/mol. The molecule has 0 saturated carbocycles. The summed E-state index contributed by atoms with van der Waals surface area (Å²) in [7, 11) is 1.22. The van der Waals surface area contributed by atoms with Crippen LogP contribution in [0.15, 0.2) is 39.2 Å². The highest BCUT2D eigenvalue weighted by Gasteiger charge is 2.39. The van der Waals surface area contributed by atoms with Crippen LogP contribution in [0.2, 0.25) is 0 Å². The fourth-order valence-corrected chi connectivity index (χ4v) is 3.93. The van der Waals surface area contributed by atoms with E-state index in [9.17, 15) is 24.0 Å². The number of primary amides is 2. The first-order chi connectivity index (χ1) is 16.5. The highest BCUT2D eigenvalue weighted by Crippen LogP contribution is 2.31. The summed E-state index contributed by atoms with van der Waals surface area (Å²) < 4.78 is 19.8. The van der Waals surface area contributed by atoms with Crippen molar-refractivity contribution in [1.29, 1.82) is 0 Å². The zero-order chi connectivity index (χ0) is 26.1. The molecular weight excluding hydrogens is 490 g/mol. The van der Waals surface area contributed by atoms with E-state index in [1.165, 1.54) is 32.4 Å². The molecule has 0 fully saturated rings. The number of nitrogens with two attached hydrogens (primary N) is 2. The number of hydrogen-bond donors (Lipinski definition) is 3. The van der Waals surface area contributed by atoms with Crippen molar-refractivity contribution in [3.05, 3.63) is 35.4 Å². The number of thioether (sulfide) groups is 1. The molecule has 0 spiro atoms. The highest BCUT2D eigenvalue weighted by atomic mass is 32.2. The molecule has 2 heterocycles. The SMILES string of the molecule is CO/N=C(\C(=O)NC1SCC(COC(N)=O)=C(C(=O)OC(C)OC(C)=O)N1C(N)=O)c1ccco1. The zero-order valence-corrected chi connectivity index (χ0v) is 19.7. The summed E-state index contributed by atoms with van der Waals surface area (Å²) in [6.07, 6.45) is -1.16. The Morgan fingerprint density at radius 3 is 2.54 bits per heavy atom. The molecule has 4 amide bonds. The van der Waals surface area contributed by atoms with Gasteiger partial charge in [-0.25, -0.2) is 14.4 Å². The van der Waals surface area contributed by atoms with E-state index in [4.69, 9.17) is 30.1 Å². The molecule has 5 N–H and O–H groups in total. The molecule has 1 aliphatic heterocycles. The van der Waals surface area contributed by atoms with Gasteiger partial charge in [-0.1, -0.05) is 5.16 Å². The smallest absolute Gasteiger partial charge is 0.404 e. The molecule has 2 atom stereocenters. The lowest BCUT2D eigenvalue weighted by molar-refractivity contribution is -0.181. The number of esters is 2. The third-order valence-corrected chi connectivity index (χ3v) is 5.22. The molecule has 2 rings (SSSR count). The van der Waals surface area contributed by atoms with Gasteiger partial charge in [-0.2, -0.15) is 0 Å². The van der Waals surface area contributed by atoms with Crippen LogP contribution in [0.5, 0.6) is 0 Å². The van der Waals surface area contributed by atoms with E-state index in [1.807, 2.05) is 0 Å². The van der Waals surface area contributed by atoms with Crippen molar-refractivity contribution in [2.45, 2.75) is 25.6 Å². The number of hydrogen-bond acceptors (Lipinski definition) is 12. The molecule has 16 heteroatoms. The van der Waals surface area contributed by atoms with Crippen molar-refractivity contribution in [1.82, 2.24) is 10.2 Å². The van der Waals surface area contributed by atoms with Gasteiger partial charge in [0.2, 0.25) is 12.0 Å². The second-order valence-electron chi connectivity index (χ2n) is 6.59. The second kappa shape index (κ2) is 12.3. The van der Waals surface area contributed by atoms with Crippen molar-refractivity contribution in [2.75, 3.05) is 19.5 Å². The number of carbonyl (C=O) groups excluding carboxylic acids is 5. The van der Waals surface area contributed by atoms with Gasteiger partial charge in [-0.05, 0) is 12.1 Å². The number of amides is 4. The topological polar surface area (TPSA) is 215 Å². The van der Waals surface area contributed by atoms with Crippen LogP contribution in [-0.2, 0) is 33.4 Å². The van der Waals surface area contributed by atoms with Crippen molar-refractivity contribution in [3.8, 4) is 0 Å². The first-order valence-electron chi connectivity index (χ1n) is 9.73. The van der Waals surface area contributed by atoms with Crippen molar-refractivity contribution in [3.63, 3.8) is 0 Å². The maximum Gasteiger partial charge on any atom is 0.404 e. The van der Waals surface area contributed by atoms with E-state index >= 15 is 0 Å². The number of urea groups is 1. The Kier molecular flexibility index (Phi) is 9.51. The number of nitrogens with zero attached hydrogens (tertiary/aromatic N) is 2. The van der Waals surface area contributed by atoms with Crippen molar-refractivity contribution >= 4 is 47.4 Å². The number of furan rings is 1. The van der Waals surface area contributed by atoms with Gasteiger partial charge in [-0.15, -0.1) is 11.8 Å². The minimum Gasteiger partial charge on any atom is -0.462 e. The molecule has 1 aromatic rings. The van der Waals surface area contributed by atoms with Crippen LogP contribution in [0.3, 0.4) is 0 Å². The monoisotopic (exact) mass is 513 g/mol. The highest BCUT2D eigenvalue weighted by molar-refractivity contribution is 8.00. The molecule has 35 heavy (non-hydrogen) atoms. The predicted octanol–water partition coefficient (Wildman–Crippen LogP) is -0.0409. The maximum absolute atomic E-state index is 12.9. The Morgan fingerprint density at radius 1 is 1.29 bits per heavy atom. The van der Waals surface area contributed by atoms with Gasteiger partial charge < -0.3 is 40.2 Å². The van der Waals surface area contributed by atoms with E-state index in [0.717, 1.165) is 23.6 Å². The molecule has 15 nitrogen and oxygen atoms in total. The van der Waals surface area contributed by atoms with Crippen LogP contribution in [0.25, 0.3) is 0 Å². The Labute approximate surface area is 202 Å². The maximum atomic E-state index is 12.9. The Morgan fingerprint density at radius 2 is 2.00 bits per heavy atom. The van der Waals surface area contributed by atoms with Crippen LogP contribution in [0.4, 0.5) is 9.59 Å². The lowest BCUT2D eigenvalue weighted by Crippen LogP contribution is -2.55. The number of nitrogens with one attached hydrogen (secondary N) is 1. The Bertz CT molecular complexity index is 1040. The minimum atomic E-state index is -1.33. The van der Waals surface area contributed by atoms with Crippen LogP contribution < -0.4 is 16.8 Å². The summed E-state index contributed by atoms with van der Waals surface area (Å²) in [5.41, 5.74) is 8.67. The Hall–Kier alpha value is -4.21. The fraction of sp³-hybridized carbons (Fsp3) is 0.368. The van der Waals surface area contributed by atoms with Crippen molar-refractivity contribution < 1.29 is 47.4 Å². The summed E-state index contributed by atoms with van der Waals surface area (Å²) in [6, 6.07) is 1.81. The van der Waals surface area contributed by atoms with Crippen molar-refractivity contribution in [2.24, 2.45) is 16.6 Å². The number of ether oxygens (including phenoxy) is 3. The number of carbonyl (C=O) groups is 5. The zero-order valence-electron chi connectivity index (χ0n) is 18.8. The van der Waals surface area contributed by atoms with Crippen LogP contribution in [0, 0.1) is 0 Å². The van der Waals surface area contributed by atoms with E-state index < -0.39 is 54.1 Å². The number of oxime groups is 1. The van der Waals surface area contributed by atoms with Crippen LogP contribution in [0.1, 0.15) is 19.6 Å². The minimum absolute atomic E-state index is 0.0219. The lowest BCUT2D eigenvalue weighted by Gasteiger charge is -2.36. The van der Waals surface area contributed by atoms with Gasteiger partial charge in [0.15, 0.2) is 11.3 Å². The second-order valence-corrected chi connectivity index (χ2v) is 7.66. The molecule has 0 bridgehead atoms. The summed E-state index contributed by atoms with van der Waals surface area (Å²) in [5.74, 6) is -2.65. The van der Waals surface area contributed by atoms with Crippen LogP contribution in [-0.4, -0.2) is 71.8 Å². The normalized spacial score (nSPS) is 16.7. The summed E-state index contributed by atoms with van der Waals surface area (Å²) in [5, 5.41) is 6.13. The third-order valence-electron chi connectivity index (χ3n) is 4.06. The van der Waals surface area contributed by atoms with Gasteiger partial charge in [-0.3, -0.25) is 14.5 Å². The van der Waals surface area contributed by atoms with E-state index in [1.54, 1.807) is 0 Å². The molecule has 0 saturated heterocycles. The summed E-state index contributed by atoms with van der Waals surface area (Å²) >= 11 is 0.955. The third kappa shape index (κ3) is 7.39. The fourth-order valence-electron chi connectivity index (χ4n) is 2.80. The molecule has 1 aromatic heterocycles. The number of rotatable bonds is 9. The summed E-state index contributed by atoms with van der Waals surface area (Å²) in [6.45, 7) is 1.89. The average molecular weight is 513 g/mol. The standard InChI is InChI=1S/C19H23N5O10S/c1-9(25)33-10(2)34-16(27)14-11(7-32-18(21)29)8-35-19(24(14)17(20)28)22-15(26)13(23-30-3)12-5-4-6-31-12/h4-6,10,19H,7-8H2,1-3H3,(H2,20,28)(H2,21,29)(H,22,26)/b23-13-. The van der Waals surface area contributed by atoms with Crippen LogP contribution >= 0.6 is 11.8 Å². The molecule has 2 unspecified atom stereocenters. The van der Waals surface area contributed by atoms with Gasteiger partial charge in [0.25, 0.3) is 5.91 Å². The Balaban J connectivity index is 2.39. The van der Waals surface area contributed by atoms with Gasteiger partial charge in [0, 0.05) is 25.2 Å². The average Bonchev–Trinajstić information content (AvgIpc) is 3.29. The first kappa shape index (κ1) is 27.0. The molecule has 0 aromatic carbocycles. The molecule has 190 valence electrons. The molecule has 1 aliphatic rings. The molecule has 0 aliphatic carbocycles. The van der Waals surface area contributed by atoms with Gasteiger partial charge >= 0.3 is 24.1 Å². The molecular formula is C19H23N5O10S. The quantitative estimate of drug-likeness (QED) is 0.172. The van der Waals surface area contributed by atoms with E-state index in [-0.39, 0.29) is 22.8 Å². The van der Waals surface area contributed by atoms with E-state index in [0.29, 0.717) is 0 Å². The van der Waals surface area contributed by atoms with Gasteiger partial charge in [0.05, 0.1) is 6.26 Å². The molecule has 0 radical (unpaired) electrons. The first-order valence-corrected chi connectivity index (χ1v) is 10.8. The van der Waals surface area contributed by atoms with Gasteiger partial charge in [0.1, 0.15) is 19.4 Å². The lowest BCUT2D eigenvalue weighted by atomic mass is 10.2. The van der Waals surface area contributed by atoms with E-state index in [2.05, 4.69) is 15.3 Å². The largest absolute Gasteiger partial charge is 0.462 e.